The Kier molecular flexibility index (Phi) is 4.98. The van der Waals surface area contributed by atoms with E-state index in [2.05, 4.69) is 14.5 Å². The lowest BCUT2D eigenvalue weighted by Gasteiger charge is -1.85. The first-order valence-electron chi connectivity index (χ1n) is 1.89. The summed E-state index contributed by atoms with van der Waals surface area (Å²) in [5.41, 5.74) is 0. The Hall–Kier alpha value is -0.720. The van der Waals surface area contributed by atoms with Crippen molar-refractivity contribution in [2.45, 2.75) is 0 Å². The van der Waals surface area contributed by atoms with Gasteiger partial charge in [0.25, 0.3) is 0 Å². The summed E-state index contributed by atoms with van der Waals surface area (Å²) in [7, 11) is 0. The second-order valence-corrected chi connectivity index (χ2v) is 1.46. The molecular weight excluding hydrogens is 144 g/mol. The summed E-state index contributed by atoms with van der Waals surface area (Å²) in [5, 5.41) is 4.03. The van der Waals surface area contributed by atoms with Crippen molar-refractivity contribution in [3.05, 3.63) is 18.9 Å². The summed E-state index contributed by atoms with van der Waals surface area (Å²) in [6.45, 7) is 0. The van der Waals surface area contributed by atoms with Gasteiger partial charge in [0.1, 0.15) is 6.26 Å². The van der Waals surface area contributed by atoms with Gasteiger partial charge in [0, 0.05) is 11.3 Å². The van der Waals surface area contributed by atoms with Crippen molar-refractivity contribution in [1.82, 2.24) is 4.98 Å². The third-order valence-corrected chi connectivity index (χ3v) is 0.347. The summed E-state index contributed by atoms with van der Waals surface area (Å²) >= 11 is -2.36. The maximum Gasteiger partial charge on any atom is 0.180 e. The fourth-order valence-corrected chi connectivity index (χ4v) is 0.176. The van der Waals surface area contributed by atoms with Crippen LogP contribution < -0.4 is 5.14 Å². The molecule has 0 aliphatic heterocycles. The predicted octanol–water partition coefficient (Wildman–Crippen LogP) is -0.586. The lowest BCUT2D eigenvalue weighted by atomic mass is 11.0. The van der Waals surface area contributed by atoms with Crippen LogP contribution in [-0.2, 0) is 11.3 Å². The van der Waals surface area contributed by atoms with Gasteiger partial charge in [-0.1, -0.05) is 0 Å². The molecule has 1 aromatic heterocycles. The van der Waals surface area contributed by atoms with Crippen LogP contribution in [0, 0.1) is 0 Å². The van der Waals surface area contributed by atoms with Crippen LogP contribution in [0.15, 0.2) is 23.3 Å². The van der Waals surface area contributed by atoms with E-state index in [4.69, 9.17) is 8.76 Å². The molecule has 0 bridgehead atoms. The number of rotatable bonds is 0. The summed E-state index contributed by atoms with van der Waals surface area (Å²) in [6, 6.07) is 0. The second kappa shape index (κ2) is 5.42. The third kappa shape index (κ3) is 11.1. The number of oxazole rings is 1. The minimum absolute atomic E-state index is 1.38. The van der Waals surface area contributed by atoms with Gasteiger partial charge >= 0.3 is 0 Å². The molecule has 1 atom stereocenters. The van der Waals surface area contributed by atoms with Gasteiger partial charge in [-0.3, -0.25) is 9.35 Å². The Morgan fingerprint density at radius 3 is 2.44 bits per heavy atom. The van der Waals surface area contributed by atoms with Crippen LogP contribution in [0.25, 0.3) is 0 Å². The molecule has 0 fully saturated rings. The van der Waals surface area contributed by atoms with E-state index in [-0.39, 0.29) is 0 Å². The molecule has 0 aliphatic rings. The van der Waals surface area contributed by atoms with Gasteiger partial charge in [-0.25, -0.2) is 4.98 Å². The molecule has 0 spiro atoms. The molecule has 0 saturated carbocycles. The zero-order valence-electron chi connectivity index (χ0n) is 4.39. The highest BCUT2D eigenvalue weighted by atomic mass is 32.2. The Balaban J connectivity index is 0.000000148. The number of nitrogens with two attached hydrogens (primary N) is 1. The number of hydrogen-bond acceptors (Lipinski definition) is 4. The standard InChI is InChI=1S/C3H3NO.H3NO2S/c1-2-5-3-4-1;1-4(2)3/h1-3H;1H2,(H,2,3)/p-1. The molecule has 0 amide bonds. The Labute approximate surface area is 54.3 Å². The van der Waals surface area contributed by atoms with E-state index in [0.717, 1.165) is 0 Å². The van der Waals surface area contributed by atoms with E-state index >= 15 is 0 Å². The van der Waals surface area contributed by atoms with Crippen LogP contribution >= 0.6 is 0 Å². The van der Waals surface area contributed by atoms with E-state index in [1.807, 2.05) is 0 Å². The molecule has 0 radical (unpaired) electrons. The van der Waals surface area contributed by atoms with Crippen LogP contribution in [0.4, 0.5) is 0 Å². The van der Waals surface area contributed by atoms with Crippen molar-refractivity contribution in [3.8, 4) is 0 Å². The van der Waals surface area contributed by atoms with Gasteiger partial charge < -0.3 is 8.97 Å². The SMILES string of the molecule is NS(=O)[O-].c1cocn1. The first kappa shape index (κ1) is 8.28. The predicted molar refractivity (Wildman–Crippen MR) is 29.6 cm³/mol. The zero-order chi connectivity index (χ0) is 7.11. The van der Waals surface area contributed by atoms with Crippen LogP contribution in [0.2, 0.25) is 0 Å². The molecular formula is C3H5N2O3S-. The van der Waals surface area contributed by atoms with Crippen LogP contribution in [0.5, 0.6) is 0 Å². The van der Waals surface area contributed by atoms with E-state index in [1.165, 1.54) is 12.7 Å². The maximum atomic E-state index is 8.78. The Morgan fingerprint density at radius 1 is 1.78 bits per heavy atom. The van der Waals surface area contributed by atoms with Gasteiger partial charge in [0.05, 0.1) is 6.20 Å². The van der Waals surface area contributed by atoms with Crippen LogP contribution in [0.1, 0.15) is 0 Å². The number of hydrogen-bond donors (Lipinski definition) is 1. The van der Waals surface area contributed by atoms with E-state index in [1.54, 1.807) is 6.20 Å². The van der Waals surface area contributed by atoms with Gasteiger partial charge in [0.15, 0.2) is 6.39 Å². The molecule has 0 aliphatic carbocycles. The van der Waals surface area contributed by atoms with Crippen LogP contribution in [-0.4, -0.2) is 13.7 Å². The molecule has 52 valence electrons. The van der Waals surface area contributed by atoms with Crippen molar-refractivity contribution >= 4 is 11.3 Å². The molecule has 1 aromatic rings. The first-order valence-corrected chi connectivity index (χ1v) is 3.03. The molecule has 2 N–H and O–H groups in total. The van der Waals surface area contributed by atoms with Crippen molar-refractivity contribution in [2.24, 2.45) is 5.14 Å². The Bertz CT molecular complexity index is 131. The highest BCUT2D eigenvalue weighted by Gasteiger charge is 1.59. The lowest BCUT2D eigenvalue weighted by molar-refractivity contribution is 0.538. The second-order valence-electron chi connectivity index (χ2n) is 0.936. The molecule has 1 rings (SSSR count). The molecule has 5 nitrogen and oxygen atoms in total. The van der Waals surface area contributed by atoms with Crippen molar-refractivity contribution < 1.29 is 13.2 Å². The highest BCUT2D eigenvalue weighted by molar-refractivity contribution is 7.76. The minimum Gasteiger partial charge on any atom is -0.760 e. The first-order chi connectivity index (χ1) is 4.23. The topological polar surface area (TPSA) is 92.2 Å². The van der Waals surface area contributed by atoms with Crippen molar-refractivity contribution in [1.29, 1.82) is 0 Å². The van der Waals surface area contributed by atoms with E-state index < -0.39 is 11.3 Å². The normalized spacial score (nSPS) is 11.3. The van der Waals surface area contributed by atoms with E-state index in [9.17, 15) is 0 Å². The summed E-state index contributed by atoms with van der Waals surface area (Å²) in [6.07, 6.45) is 4.47. The highest BCUT2D eigenvalue weighted by Crippen LogP contribution is 1.72. The smallest absolute Gasteiger partial charge is 0.180 e. The van der Waals surface area contributed by atoms with Gasteiger partial charge in [0.2, 0.25) is 0 Å². The molecule has 1 unspecified atom stereocenters. The van der Waals surface area contributed by atoms with Crippen molar-refractivity contribution in [3.63, 3.8) is 0 Å². The van der Waals surface area contributed by atoms with E-state index in [0.29, 0.717) is 0 Å². The number of aromatic nitrogens is 1. The lowest BCUT2D eigenvalue weighted by Crippen LogP contribution is -1.97. The van der Waals surface area contributed by atoms with Gasteiger partial charge in [-0.15, -0.1) is 0 Å². The molecule has 0 saturated heterocycles. The third-order valence-electron chi connectivity index (χ3n) is 0.347. The fraction of sp³-hybridized carbons (Fsp3) is 0. The largest absolute Gasteiger partial charge is 0.760 e. The summed E-state index contributed by atoms with van der Waals surface area (Å²) in [5.74, 6) is 0. The molecule has 6 heteroatoms. The molecule has 9 heavy (non-hydrogen) atoms. The zero-order valence-corrected chi connectivity index (χ0v) is 5.21. The monoisotopic (exact) mass is 149 g/mol. The van der Waals surface area contributed by atoms with Gasteiger partial charge in [-0.05, 0) is 0 Å². The summed E-state index contributed by atoms with van der Waals surface area (Å²) in [4.78, 5) is 3.56. The quantitative estimate of drug-likeness (QED) is 0.499. The minimum atomic E-state index is -2.36. The molecule has 0 aromatic carbocycles. The molecule has 1 heterocycles. The van der Waals surface area contributed by atoms with Crippen LogP contribution in [0.3, 0.4) is 0 Å². The van der Waals surface area contributed by atoms with Crippen molar-refractivity contribution in [2.75, 3.05) is 0 Å². The fourth-order valence-electron chi connectivity index (χ4n) is 0.176. The van der Waals surface area contributed by atoms with Gasteiger partial charge in [-0.2, -0.15) is 0 Å². The average Bonchev–Trinajstić information content (AvgIpc) is 2.11. The maximum absolute atomic E-state index is 8.78. The Morgan fingerprint density at radius 2 is 2.33 bits per heavy atom. The summed E-state index contributed by atoms with van der Waals surface area (Å²) < 4.78 is 22.0. The number of nitrogens with zero attached hydrogens (tertiary/aromatic N) is 1. The average molecular weight is 149 g/mol.